The van der Waals surface area contributed by atoms with Gasteiger partial charge in [-0.15, -0.1) is 0 Å². The van der Waals surface area contributed by atoms with Gasteiger partial charge < -0.3 is 16.8 Å². The minimum Gasteiger partial charge on any atom is -0.398 e. The van der Waals surface area contributed by atoms with E-state index in [1.165, 1.54) is 0 Å². The normalized spacial score (nSPS) is 10.2. The van der Waals surface area contributed by atoms with Crippen LogP contribution in [0.4, 0.5) is 17.1 Å². The van der Waals surface area contributed by atoms with Crippen LogP contribution in [-0.2, 0) is 0 Å². The van der Waals surface area contributed by atoms with E-state index < -0.39 is 0 Å². The highest BCUT2D eigenvalue weighted by Gasteiger charge is 2.08. The first kappa shape index (κ1) is 13.0. The highest BCUT2D eigenvalue weighted by atomic mass is 16.1. The van der Waals surface area contributed by atoms with E-state index in [9.17, 15) is 4.79 Å². The first-order valence-corrected chi connectivity index (χ1v) is 6.01. The Kier molecular flexibility index (Phi) is 3.42. The number of aryl methyl sites for hydroxylation is 2. The average Bonchev–Trinajstić information content (AvgIpc) is 2.37. The largest absolute Gasteiger partial charge is 0.398 e. The van der Waals surface area contributed by atoms with Crippen LogP contribution in [0.15, 0.2) is 36.4 Å². The second kappa shape index (κ2) is 5.02. The Labute approximate surface area is 112 Å². The van der Waals surface area contributed by atoms with Crippen LogP contribution in [0.3, 0.4) is 0 Å². The molecule has 0 fully saturated rings. The number of nitrogens with two attached hydrogens (primary N) is 2. The van der Waals surface area contributed by atoms with Gasteiger partial charge in [-0.25, -0.2) is 0 Å². The number of nitrogens with one attached hydrogen (secondary N) is 1. The van der Waals surface area contributed by atoms with E-state index in [4.69, 9.17) is 11.5 Å². The zero-order chi connectivity index (χ0) is 14.0. The van der Waals surface area contributed by atoms with Gasteiger partial charge in [0.2, 0.25) is 0 Å². The van der Waals surface area contributed by atoms with Crippen molar-refractivity contribution in [3.8, 4) is 0 Å². The molecule has 0 heterocycles. The number of nitrogen functional groups attached to an aromatic ring is 2. The van der Waals surface area contributed by atoms with Crippen LogP contribution in [0.2, 0.25) is 0 Å². The van der Waals surface area contributed by atoms with E-state index >= 15 is 0 Å². The molecular weight excluding hydrogens is 238 g/mol. The van der Waals surface area contributed by atoms with Crippen molar-refractivity contribution in [1.82, 2.24) is 0 Å². The van der Waals surface area contributed by atoms with Crippen LogP contribution in [0.25, 0.3) is 0 Å². The molecule has 0 bridgehead atoms. The summed E-state index contributed by atoms with van der Waals surface area (Å²) in [5.41, 5.74) is 16.0. The van der Waals surface area contributed by atoms with Crippen molar-refractivity contribution in [3.05, 3.63) is 53.1 Å². The molecule has 2 aromatic carbocycles. The molecular formula is C15H17N3O. The molecule has 0 aliphatic rings. The lowest BCUT2D eigenvalue weighted by Crippen LogP contribution is -2.12. The molecule has 0 spiro atoms. The smallest absolute Gasteiger partial charge is 0.255 e. The third kappa shape index (κ3) is 2.85. The second-order valence-electron chi connectivity index (χ2n) is 4.60. The number of carbonyl (C=O) groups excluding carboxylic acids is 1. The standard InChI is InChI=1S/C15H17N3O/c1-9-3-5-11(7-13(9)16)15(19)18-12-6-4-10(2)14(17)8-12/h3-8H,16-17H2,1-2H3,(H,18,19). The minimum absolute atomic E-state index is 0.199. The summed E-state index contributed by atoms with van der Waals surface area (Å²) in [6, 6.07) is 10.7. The van der Waals surface area contributed by atoms with Gasteiger partial charge in [0.15, 0.2) is 0 Å². The van der Waals surface area contributed by atoms with Crippen molar-refractivity contribution >= 4 is 23.0 Å². The lowest BCUT2D eigenvalue weighted by Gasteiger charge is -2.08. The Morgan fingerprint density at radius 3 is 2.11 bits per heavy atom. The maximum atomic E-state index is 12.1. The fourth-order valence-electron chi connectivity index (χ4n) is 1.70. The molecule has 2 rings (SSSR count). The van der Waals surface area contributed by atoms with Gasteiger partial charge in [-0.2, -0.15) is 0 Å². The van der Waals surface area contributed by atoms with Crippen LogP contribution in [-0.4, -0.2) is 5.91 Å². The van der Waals surface area contributed by atoms with E-state index in [2.05, 4.69) is 5.32 Å². The van der Waals surface area contributed by atoms with Gasteiger partial charge in [0.25, 0.3) is 5.91 Å². The second-order valence-corrected chi connectivity index (χ2v) is 4.60. The Hall–Kier alpha value is -2.49. The molecule has 5 N–H and O–H groups in total. The lowest BCUT2D eigenvalue weighted by atomic mass is 10.1. The van der Waals surface area contributed by atoms with Gasteiger partial charge in [0.1, 0.15) is 0 Å². The molecule has 0 saturated heterocycles. The number of benzene rings is 2. The summed E-state index contributed by atoms with van der Waals surface area (Å²) in [6.07, 6.45) is 0. The lowest BCUT2D eigenvalue weighted by molar-refractivity contribution is 0.102. The van der Waals surface area contributed by atoms with Gasteiger partial charge in [-0.1, -0.05) is 12.1 Å². The van der Waals surface area contributed by atoms with E-state index in [-0.39, 0.29) is 5.91 Å². The molecule has 19 heavy (non-hydrogen) atoms. The minimum atomic E-state index is -0.199. The number of amides is 1. The Morgan fingerprint density at radius 2 is 1.53 bits per heavy atom. The molecule has 1 amide bonds. The molecule has 0 radical (unpaired) electrons. The number of rotatable bonds is 2. The maximum absolute atomic E-state index is 12.1. The van der Waals surface area contributed by atoms with Crippen molar-refractivity contribution < 1.29 is 4.79 Å². The zero-order valence-corrected chi connectivity index (χ0v) is 11.0. The van der Waals surface area contributed by atoms with Crippen molar-refractivity contribution in [2.75, 3.05) is 16.8 Å². The topological polar surface area (TPSA) is 81.1 Å². The molecule has 0 aromatic heterocycles. The first-order chi connectivity index (χ1) is 8.97. The third-order valence-corrected chi connectivity index (χ3v) is 3.08. The van der Waals surface area contributed by atoms with E-state index in [0.29, 0.717) is 22.6 Å². The van der Waals surface area contributed by atoms with Gasteiger partial charge >= 0.3 is 0 Å². The molecule has 0 aliphatic carbocycles. The first-order valence-electron chi connectivity index (χ1n) is 6.01. The van der Waals surface area contributed by atoms with E-state index in [1.807, 2.05) is 32.0 Å². The highest BCUT2D eigenvalue weighted by molar-refractivity contribution is 6.05. The molecule has 0 saturated carbocycles. The molecule has 4 nitrogen and oxygen atoms in total. The van der Waals surface area contributed by atoms with Crippen LogP contribution < -0.4 is 16.8 Å². The summed E-state index contributed by atoms with van der Waals surface area (Å²) < 4.78 is 0. The van der Waals surface area contributed by atoms with Gasteiger partial charge in [0.05, 0.1) is 0 Å². The van der Waals surface area contributed by atoms with Crippen molar-refractivity contribution in [2.45, 2.75) is 13.8 Å². The highest BCUT2D eigenvalue weighted by Crippen LogP contribution is 2.19. The number of hydrogen-bond donors (Lipinski definition) is 3. The quantitative estimate of drug-likeness (QED) is 0.722. The van der Waals surface area contributed by atoms with Gasteiger partial charge in [-0.05, 0) is 49.2 Å². The molecule has 0 atom stereocenters. The Morgan fingerprint density at radius 1 is 0.947 bits per heavy atom. The van der Waals surface area contributed by atoms with E-state index in [0.717, 1.165) is 11.1 Å². The summed E-state index contributed by atoms with van der Waals surface area (Å²) in [5.74, 6) is -0.199. The number of carbonyl (C=O) groups is 1. The Balaban J connectivity index is 2.20. The molecule has 98 valence electrons. The average molecular weight is 255 g/mol. The number of anilines is 3. The predicted octanol–water partition coefficient (Wildman–Crippen LogP) is 2.72. The summed E-state index contributed by atoms with van der Waals surface area (Å²) in [4.78, 5) is 12.1. The maximum Gasteiger partial charge on any atom is 0.255 e. The van der Waals surface area contributed by atoms with Crippen LogP contribution in [0.1, 0.15) is 21.5 Å². The third-order valence-electron chi connectivity index (χ3n) is 3.08. The SMILES string of the molecule is Cc1ccc(NC(=O)c2ccc(C)c(N)c2)cc1N. The predicted molar refractivity (Wildman–Crippen MR) is 79.1 cm³/mol. The molecule has 2 aromatic rings. The summed E-state index contributed by atoms with van der Waals surface area (Å²) in [6.45, 7) is 3.82. The molecule has 4 heteroatoms. The van der Waals surface area contributed by atoms with Crippen molar-refractivity contribution in [1.29, 1.82) is 0 Å². The fraction of sp³-hybridized carbons (Fsp3) is 0.133. The molecule has 0 aliphatic heterocycles. The fourth-order valence-corrected chi connectivity index (χ4v) is 1.70. The zero-order valence-electron chi connectivity index (χ0n) is 11.0. The van der Waals surface area contributed by atoms with Crippen LogP contribution >= 0.6 is 0 Å². The molecule has 0 unspecified atom stereocenters. The van der Waals surface area contributed by atoms with Crippen LogP contribution in [0.5, 0.6) is 0 Å². The Bertz CT molecular complexity index is 635. The number of hydrogen-bond acceptors (Lipinski definition) is 3. The monoisotopic (exact) mass is 255 g/mol. The van der Waals surface area contributed by atoms with Gasteiger partial charge in [-0.3, -0.25) is 4.79 Å². The van der Waals surface area contributed by atoms with E-state index in [1.54, 1.807) is 18.2 Å². The van der Waals surface area contributed by atoms with Crippen molar-refractivity contribution in [2.24, 2.45) is 0 Å². The van der Waals surface area contributed by atoms with Gasteiger partial charge in [0, 0.05) is 22.6 Å². The summed E-state index contributed by atoms with van der Waals surface area (Å²) >= 11 is 0. The van der Waals surface area contributed by atoms with Crippen molar-refractivity contribution in [3.63, 3.8) is 0 Å². The summed E-state index contributed by atoms with van der Waals surface area (Å²) in [5, 5.41) is 2.80. The summed E-state index contributed by atoms with van der Waals surface area (Å²) in [7, 11) is 0. The van der Waals surface area contributed by atoms with Crippen LogP contribution in [0, 0.1) is 13.8 Å².